The largest absolute Gasteiger partial charge is 0.375 e. The van der Waals surface area contributed by atoms with Crippen LogP contribution >= 0.6 is 0 Å². The molecule has 0 unspecified atom stereocenters. The van der Waals surface area contributed by atoms with E-state index in [9.17, 15) is 8.78 Å². The molecule has 0 radical (unpaired) electrons. The maximum Gasteiger partial charge on any atom is 0.253 e. The Hall–Kier alpha value is -0.180. The summed E-state index contributed by atoms with van der Waals surface area (Å²) in [6, 6.07) is 0. The van der Waals surface area contributed by atoms with Gasteiger partial charge >= 0.3 is 0 Å². The molecule has 1 saturated carbocycles. The molecule has 3 heteroatoms. The minimum Gasteiger partial charge on any atom is -0.375 e. The van der Waals surface area contributed by atoms with Crippen molar-refractivity contribution in [2.24, 2.45) is 0 Å². The van der Waals surface area contributed by atoms with Crippen LogP contribution in [-0.4, -0.2) is 18.1 Å². The predicted octanol–water partition coefficient (Wildman–Crippen LogP) is 3.24. The van der Waals surface area contributed by atoms with E-state index in [0.29, 0.717) is 0 Å². The van der Waals surface area contributed by atoms with Gasteiger partial charge in [-0.25, -0.2) is 8.78 Å². The van der Waals surface area contributed by atoms with Crippen molar-refractivity contribution in [3.05, 3.63) is 0 Å². The Morgan fingerprint density at radius 2 is 1.67 bits per heavy atom. The van der Waals surface area contributed by atoms with Crippen molar-refractivity contribution in [1.29, 1.82) is 0 Å². The lowest BCUT2D eigenvalue weighted by Gasteiger charge is -2.35. The lowest BCUT2D eigenvalue weighted by molar-refractivity contribution is -0.176. The fourth-order valence-corrected chi connectivity index (χ4v) is 1.09. The molecular weight excluding hydrogens is 162 g/mol. The molecule has 0 aromatic carbocycles. The Bertz CT molecular complexity index is 113. The molecule has 0 amide bonds. The predicted molar refractivity (Wildman–Crippen MR) is 45.5 cm³/mol. The minimum absolute atomic E-state index is 0.0705. The number of alkyl halides is 2. The van der Waals surface area contributed by atoms with Gasteiger partial charge in [0.2, 0.25) is 0 Å². The average molecular weight is 180 g/mol. The molecule has 0 N–H and O–H groups in total. The quantitative estimate of drug-likeness (QED) is 0.634. The molecule has 0 heterocycles. The molecule has 0 bridgehead atoms. The molecular formula is C9H18F2O. The Morgan fingerprint density at radius 3 is 1.92 bits per heavy atom. The van der Waals surface area contributed by atoms with Crippen LogP contribution in [0, 0.1) is 0 Å². The van der Waals surface area contributed by atoms with Gasteiger partial charge < -0.3 is 4.74 Å². The second-order valence-corrected chi connectivity index (χ2v) is 3.07. The van der Waals surface area contributed by atoms with Gasteiger partial charge in [0.25, 0.3) is 5.92 Å². The Morgan fingerprint density at radius 1 is 1.25 bits per heavy atom. The van der Waals surface area contributed by atoms with Gasteiger partial charge in [-0.3, -0.25) is 0 Å². The maximum atomic E-state index is 12.2. The number of hydrogen-bond donors (Lipinski definition) is 0. The average Bonchev–Trinajstić information content (AvgIpc) is 1.87. The van der Waals surface area contributed by atoms with E-state index < -0.39 is 5.92 Å². The molecule has 74 valence electrons. The van der Waals surface area contributed by atoms with Crippen molar-refractivity contribution < 1.29 is 13.5 Å². The van der Waals surface area contributed by atoms with Gasteiger partial charge in [0, 0.05) is 12.8 Å². The standard InChI is InChI=1S/C7H12F2O.C2H6/c1-5(2)10-6-3-7(8,9)4-6;1-2/h5-6H,3-4H2,1-2H3;1-2H3. The third-order valence-corrected chi connectivity index (χ3v) is 1.52. The van der Waals surface area contributed by atoms with Gasteiger partial charge in [-0.1, -0.05) is 13.8 Å². The van der Waals surface area contributed by atoms with E-state index in [0.717, 1.165) is 0 Å². The van der Waals surface area contributed by atoms with Crippen molar-refractivity contribution in [3.63, 3.8) is 0 Å². The van der Waals surface area contributed by atoms with Crippen LogP contribution in [0.2, 0.25) is 0 Å². The summed E-state index contributed by atoms with van der Waals surface area (Å²) < 4.78 is 29.5. The highest BCUT2D eigenvalue weighted by atomic mass is 19.3. The maximum absolute atomic E-state index is 12.2. The van der Waals surface area contributed by atoms with Gasteiger partial charge in [0.15, 0.2) is 0 Å². The lowest BCUT2D eigenvalue weighted by atomic mass is 9.91. The summed E-state index contributed by atoms with van der Waals surface area (Å²) in [6.07, 6.45) is -0.313. The van der Waals surface area contributed by atoms with Gasteiger partial charge in [-0.15, -0.1) is 0 Å². The normalized spacial score (nSPS) is 21.2. The molecule has 0 saturated heterocycles. The first-order chi connectivity index (χ1) is 5.49. The van der Waals surface area contributed by atoms with E-state index >= 15 is 0 Å². The molecule has 1 nitrogen and oxygen atoms in total. The second-order valence-electron chi connectivity index (χ2n) is 3.07. The summed E-state index contributed by atoms with van der Waals surface area (Å²) in [6.45, 7) is 7.72. The van der Waals surface area contributed by atoms with E-state index in [1.54, 1.807) is 0 Å². The summed E-state index contributed by atoms with van der Waals surface area (Å²) in [4.78, 5) is 0. The fraction of sp³-hybridized carbons (Fsp3) is 1.00. The third-order valence-electron chi connectivity index (χ3n) is 1.52. The van der Waals surface area contributed by atoms with Crippen LogP contribution < -0.4 is 0 Å². The topological polar surface area (TPSA) is 9.23 Å². The van der Waals surface area contributed by atoms with E-state index in [4.69, 9.17) is 4.74 Å². The van der Waals surface area contributed by atoms with E-state index in [-0.39, 0.29) is 25.0 Å². The summed E-state index contributed by atoms with van der Waals surface area (Å²) in [5, 5.41) is 0. The van der Waals surface area contributed by atoms with Crippen molar-refractivity contribution >= 4 is 0 Å². The zero-order chi connectivity index (χ0) is 9.78. The Balaban J connectivity index is 0.000000561. The smallest absolute Gasteiger partial charge is 0.253 e. The number of ether oxygens (including phenoxy) is 1. The zero-order valence-electron chi connectivity index (χ0n) is 8.23. The molecule has 1 fully saturated rings. The number of rotatable bonds is 2. The molecule has 0 aromatic rings. The molecule has 12 heavy (non-hydrogen) atoms. The molecule has 0 spiro atoms. The summed E-state index contributed by atoms with van der Waals surface area (Å²) in [7, 11) is 0. The Labute approximate surface area is 73.1 Å². The first-order valence-electron chi connectivity index (χ1n) is 4.53. The lowest BCUT2D eigenvalue weighted by Crippen LogP contribution is -2.42. The van der Waals surface area contributed by atoms with Gasteiger partial charge in [-0.05, 0) is 13.8 Å². The van der Waals surface area contributed by atoms with Gasteiger partial charge in [0.1, 0.15) is 0 Å². The van der Waals surface area contributed by atoms with Gasteiger partial charge in [-0.2, -0.15) is 0 Å². The SMILES string of the molecule is CC.CC(C)OC1CC(F)(F)C1. The van der Waals surface area contributed by atoms with Crippen LogP contribution in [0.25, 0.3) is 0 Å². The number of halogens is 2. The van der Waals surface area contributed by atoms with E-state index in [1.807, 2.05) is 27.7 Å². The Kier molecular flexibility index (Phi) is 4.68. The van der Waals surface area contributed by atoms with Crippen molar-refractivity contribution in [3.8, 4) is 0 Å². The highest BCUT2D eigenvalue weighted by molar-refractivity contribution is 4.87. The summed E-state index contributed by atoms with van der Waals surface area (Å²) >= 11 is 0. The monoisotopic (exact) mass is 180 g/mol. The van der Waals surface area contributed by atoms with E-state index in [1.165, 1.54) is 0 Å². The van der Waals surface area contributed by atoms with Crippen molar-refractivity contribution in [2.75, 3.05) is 0 Å². The molecule has 1 rings (SSSR count). The summed E-state index contributed by atoms with van der Waals surface area (Å²) in [5.74, 6) is -2.44. The third kappa shape index (κ3) is 4.00. The first kappa shape index (κ1) is 11.8. The van der Waals surface area contributed by atoms with Crippen molar-refractivity contribution in [1.82, 2.24) is 0 Å². The van der Waals surface area contributed by atoms with Crippen LogP contribution in [0.1, 0.15) is 40.5 Å². The highest BCUT2D eigenvalue weighted by Crippen LogP contribution is 2.39. The van der Waals surface area contributed by atoms with Crippen LogP contribution in [0.15, 0.2) is 0 Å². The van der Waals surface area contributed by atoms with Crippen LogP contribution in [0.3, 0.4) is 0 Å². The van der Waals surface area contributed by atoms with Gasteiger partial charge in [0.05, 0.1) is 12.2 Å². The molecule has 0 aromatic heterocycles. The highest BCUT2D eigenvalue weighted by Gasteiger charge is 2.46. The molecule has 1 aliphatic carbocycles. The van der Waals surface area contributed by atoms with Crippen LogP contribution in [-0.2, 0) is 4.74 Å². The molecule has 0 aliphatic heterocycles. The van der Waals surface area contributed by atoms with Crippen molar-refractivity contribution in [2.45, 2.75) is 58.7 Å². The minimum atomic E-state index is -2.44. The summed E-state index contributed by atoms with van der Waals surface area (Å²) in [5.41, 5.74) is 0. The second kappa shape index (κ2) is 4.75. The zero-order valence-corrected chi connectivity index (χ0v) is 8.23. The van der Waals surface area contributed by atoms with Crippen LogP contribution in [0.5, 0.6) is 0 Å². The fourth-order valence-electron chi connectivity index (χ4n) is 1.09. The number of hydrogen-bond acceptors (Lipinski definition) is 1. The molecule has 1 aliphatic rings. The molecule has 0 atom stereocenters. The van der Waals surface area contributed by atoms with Crippen LogP contribution in [0.4, 0.5) is 8.78 Å². The first-order valence-corrected chi connectivity index (χ1v) is 4.53. The van der Waals surface area contributed by atoms with E-state index in [2.05, 4.69) is 0 Å².